The predicted octanol–water partition coefficient (Wildman–Crippen LogP) is 1.28. The molecule has 2 atom stereocenters. The van der Waals surface area contributed by atoms with E-state index < -0.39 is 38.2 Å². The number of nitrogens with two attached hydrogens (primary N) is 2. The van der Waals surface area contributed by atoms with Crippen LogP contribution in [-0.4, -0.2) is 27.4 Å². The average molecular weight is 327 g/mol. The van der Waals surface area contributed by atoms with Gasteiger partial charge in [-0.25, -0.2) is 0 Å². The Balaban J connectivity index is 3.32. The first-order valence-corrected chi connectivity index (χ1v) is 6.82. The lowest BCUT2D eigenvalue weighted by Crippen LogP contribution is -2.34. The van der Waals surface area contributed by atoms with Crippen LogP contribution in [0.2, 0.25) is 0 Å². The molecule has 0 heterocycles. The van der Waals surface area contributed by atoms with Gasteiger partial charge in [0, 0.05) is 11.0 Å². The van der Waals surface area contributed by atoms with Crippen LogP contribution in [0.1, 0.15) is 30.9 Å². The van der Waals surface area contributed by atoms with Crippen LogP contribution in [0.4, 0.5) is 11.4 Å². The fourth-order valence-electron chi connectivity index (χ4n) is 2.32. The fraction of sp³-hybridized carbons (Fsp3) is 0.500. The average Bonchev–Trinajstić information content (AvgIpc) is 2.46. The maximum absolute atomic E-state index is 11.3. The summed E-state index contributed by atoms with van der Waals surface area (Å²) in [5.74, 6) is 0. The van der Waals surface area contributed by atoms with E-state index in [1.54, 1.807) is 0 Å². The number of nitro benzene ring substituents is 2. The van der Waals surface area contributed by atoms with Crippen molar-refractivity contribution < 1.29 is 14.8 Å². The number of hydrogen-bond donors (Lipinski definition) is 2. The van der Waals surface area contributed by atoms with Gasteiger partial charge in [0.15, 0.2) is 0 Å². The zero-order valence-corrected chi connectivity index (χ0v) is 12.2. The molecule has 11 nitrogen and oxygen atoms in total. The maximum Gasteiger partial charge on any atom is 0.356 e. The third-order valence-corrected chi connectivity index (χ3v) is 3.37. The second-order valence-corrected chi connectivity index (χ2v) is 4.91. The number of nitro groups is 3. The van der Waals surface area contributed by atoms with E-state index in [0.717, 1.165) is 12.1 Å². The summed E-state index contributed by atoms with van der Waals surface area (Å²) in [7, 11) is 0. The highest BCUT2D eigenvalue weighted by Gasteiger charge is 2.40. The first-order chi connectivity index (χ1) is 10.8. The minimum atomic E-state index is -1.60. The summed E-state index contributed by atoms with van der Waals surface area (Å²) in [5, 5.41) is 33.5. The highest BCUT2D eigenvalue weighted by molar-refractivity contribution is 5.58. The SMILES string of the molecule is NCCCCC(N)C(c1cccc([N+](=O)[O-])c1[N+](=O)[O-])[N+](=O)[O-]. The first kappa shape index (κ1) is 18.4. The maximum atomic E-state index is 11.3. The lowest BCUT2D eigenvalue weighted by molar-refractivity contribution is -0.534. The molecule has 0 amide bonds. The number of hydrogen-bond acceptors (Lipinski definition) is 8. The lowest BCUT2D eigenvalue weighted by Gasteiger charge is -2.17. The normalized spacial score (nSPS) is 13.3. The molecule has 0 saturated heterocycles. The molecule has 2 unspecified atom stereocenters. The monoisotopic (exact) mass is 327 g/mol. The van der Waals surface area contributed by atoms with Gasteiger partial charge in [-0.3, -0.25) is 30.3 Å². The molecular weight excluding hydrogens is 310 g/mol. The molecule has 0 bridgehead atoms. The highest BCUT2D eigenvalue weighted by atomic mass is 16.6. The summed E-state index contributed by atoms with van der Waals surface area (Å²) < 4.78 is 0. The molecule has 0 aliphatic carbocycles. The Kier molecular flexibility index (Phi) is 6.48. The van der Waals surface area contributed by atoms with E-state index in [2.05, 4.69) is 0 Å². The summed E-state index contributed by atoms with van der Waals surface area (Å²) in [5.41, 5.74) is 9.09. The third-order valence-electron chi connectivity index (χ3n) is 3.37. The van der Waals surface area contributed by atoms with Crippen LogP contribution in [0.3, 0.4) is 0 Å². The zero-order chi connectivity index (χ0) is 17.6. The second-order valence-electron chi connectivity index (χ2n) is 4.91. The highest BCUT2D eigenvalue weighted by Crippen LogP contribution is 2.37. The number of rotatable bonds is 9. The van der Waals surface area contributed by atoms with Crippen LogP contribution in [0.15, 0.2) is 18.2 Å². The first-order valence-electron chi connectivity index (χ1n) is 6.82. The molecule has 1 rings (SSSR count). The van der Waals surface area contributed by atoms with E-state index in [-0.39, 0.29) is 12.0 Å². The van der Waals surface area contributed by atoms with E-state index >= 15 is 0 Å². The smallest absolute Gasteiger partial charge is 0.330 e. The quantitative estimate of drug-likeness (QED) is 0.386. The van der Waals surface area contributed by atoms with Crippen molar-refractivity contribution in [2.24, 2.45) is 11.5 Å². The molecule has 0 aromatic heterocycles. The number of benzene rings is 1. The van der Waals surface area contributed by atoms with Crippen LogP contribution in [-0.2, 0) is 0 Å². The van der Waals surface area contributed by atoms with Crippen molar-refractivity contribution in [3.05, 3.63) is 54.1 Å². The molecule has 1 aromatic carbocycles. The summed E-state index contributed by atoms with van der Waals surface area (Å²) in [4.78, 5) is 30.8. The summed E-state index contributed by atoms with van der Waals surface area (Å²) >= 11 is 0. The van der Waals surface area contributed by atoms with Crippen molar-refractivity contribution in [2.45, 2.75) is 31.3 Å². The third kappa shape index (κ3) is 4.40. The molecule has 0 spiro atoms. The Morgan fingerprint density at radius 1 is 1.04 bits per heavy atom. The van der Waals surface area contributed by atoms with Gasteiger partial charge >= 0.3 is 11.4 Å². The molecule has 0 aliphatic rings. The number of para-hydroxylation sites is 1. The van der Waals surface area contributed by atoms with Gasteiger partial charge in [-0.05, 0) is 25.5 Å². The van der Waals surface area contributed by atoms with Crippen LogP contribution < -0.4 is 11.5 Å². The Bertz CT molecular complexity index is 608. The Hall–Kier alpha value is -2.66. The molecule has 0 saturated carbocycles. The zero-order valence-electron chi connectivity index (χ0n) is 12.2. The van der Waals surface area contributed by atoms with E-state index in [0.29, 0.717) is 19.4 Å². The number of unbranched alkanes of at least 4 members (excludes halogenated alkanes) is 1. The molecule has 0 radical (unpaired) electrons. The summed E-state index contributed by atoms with van der Waals surface area (Å²) in [6, 6.07) is 0.606. The molecule has 11 heteroatoms. The van der Waals surface area contributed by atoms with Crippen LogP contribution in [0, 0.1) is 30.3 Å². The lowest BCUT2D eigenvalue weighted by atomic mass is 9.94. The Labute approximate surface area is 130 Å². The summed E-state index contributed by atoms with van der Waals surface area (Å²) in [6.07, 6.45) is 1.35. The van der Waals surface area contributed by atoms with Crippen LogP contribution in [0.25, 0.3) is 0 Å². The van der Waals surface area contributed by atoms with E-state index in [1.165, 1.54) is 6.07 Å². The van der Waals surface area contributed by atoms with Crippen molar-refractivity contribution >= 4 is 11.4 Å². The molecular formula is C12H17N5O6. The van der Waals surface area contributed by atoms with Gasteiger partial charge in [0.05, 0.1) is 15.9 Å². The second kappa shape index (κ2) is 8.10. The number of nitrogens with zero attached hydrogens (tertiary/aromatic N) is 3. The van der Waals surface area contributed by atoms with Crippen molar-refractivity contribution in [1.82, 2.24) is 0 Å². The van der Waals surface area contributed by atoms with Gasteiger partial charge in [-0.1, -0.05) is 12.5 Å². The topological polar surface area (TPSA) is 181 Å². The van der Waals surface area contributed by atoms with E-state index in [9.17, 15) is 30.3 Å². The molecule has 1 aromatic rings. The standard InChI is InChI=1S/C12H17N5O6/c13-7-2-1-5-9(14)11(16(20)21)8-4-3-6-10(15(18)19)12(8)17(22)23/h3-4,6,9,11H,1-2,5,7,13-14H2. The van der Waals surface area contributed by atoms with E-state index in [4.69, 9.17) is 11.5 Å². The van der Waals surface area contributed by atoms with Crippen LogP contribution in [0.5, 0.6) is 0 Å². The Morgan fingerprint density at radius 2 is 1.70 bits per heavy atom. The largest absolute Gasteiger partial charge is 0.356 e. The fourth-order valence-corrected chi connectivity index (χ4v) is 2.32. The molecule has 0 aliphatic heterocycles. The Morgan fingerprint density at radius 3 is 2.17 bits per heavy atom. The summed E-state index contributed by atoms with van der Waals surface area (Å²) in [6.45, 7) is 0.396. The van der Waals surface area contributed by atoms with Gasteiger partial charge in [0.25, 0.3) is 6.04 Å². The predicted molar refractivity (Wildman–Crippen MR) is 80.4 cm³/mol. The van der Waals surface area contributed by atoms with Crippen molar-refractivity contribution in [1.29, 1.82) is 0 Å². The molecule has 126 valence electrons. The van der Waals surface area contributed by atoms with Crippen molar-refractivity contribution in [3.8, 4) is 0 Å². The minimum Gasteiger partial charge on any atom is -0.330 e. The van der Waals surface area contributed by atoms with Gasteiger partial charge < -0.3 is 11.5 Å². The molecule has 4 N–H and O–H groups in total. The van der Waals surface area contributed by atoms with Gasteiger partial charge in [0.1, 0.15) is 5.56 Å². The van der Waals surface area contributed by atoms with Gasteiger partial charge in [-0.15, -0.1) is 0 Å². The minimum absolute atomic E-state index is 0.225. The van der Waals surface area contributed by atoms with Gasteiger partial charge in [-0.2, -0.15) is 0 Å². The molecule has 0 fully saturated rings. The van der Waals surface area contributed by atoms with Crippen molar-refractivity contribution in [3.63, 3.8) is 0 Å². The van der Waals surface area contributed by atoms with Crippen molar-refractivity contribution in [2.75, 3.05) is 6.54 Å². The van der Waals surface area contributed by atoms with E-state index in [1.807, 2.05) is 0 Å². The van der Waals surface area contributed by atoms with Crippen LogP contribution >= 0.6 is 0 Å². The van der Waals surface area contributed by atoms with Gasteiger partial charge in [0.2, 0.25) is 0 Å². The molecule has 23 heavy (non-hydrogen) atoms.